The summed E-state index contributed by atoms with van der Waals surface area (Å²) in [6.07, 6.45) is 18.7. The largest absolute Gasteiger partial charge is 0.486 e. The van der Waals surface area contributed by atoms with Crippen molar-refractivity contribution in [2.45, 2.75) is 109 Å². The number of ether oxygens (including phenoxy) is 4. The molecule has 0 amide bonds. The highest BCUT2D eigenvalue weighted by molar-refractivity contribution is 5.40. The molecule has 0 spiro atoms. The summed E-state index contributed by atoms with van der Waals surface area (Å²) in [5.74, 6) is 1.66. The molecule has 0 aliphatic carbocycles. The molecular weight excluding hydrogens is 450 g/mol. The van der Waals surface area contributed by atoms with Crippen LogP contribution in [0.1, 0.15) is 96.8 Å². The molecule has 1 fully saturated rings. The van der Waals surface area contributed by atoms with Crippen LogP contribution in [-0.4, -0.2) is 69.8 Å². The Morgan fingerprint density at radius 2 is 1.53 bits per heavy atom. The number of fused-ring (bicyclic) bond motifs is 1. The summed E-state index contributed by atoms with van der Waals surface area (Å²) in [5.41, 5.74) is 0. The van der Waals surface area contributed by atoms with Crippen molar-refractivity contribution in [2.75, 3.05) is 53.1 Å². The maximum Gasteiger partial charge on any atom is 0.161 e. The number of likely N-dealkylation sites (tertiary alicyclic amines) is 1. The summed E-state index contributed by atoms with van der Waals surface area (Å²) >= 11 is 0. The van der Waals surface area contributed by atoms with E-state index in [1.165, 1.54) is 108 Å². The summed E-state index contributed by atoms with van der Waals surface area (Å²) in [5, 5.41) is 0. The van der Waals surface area contributed by atoms with Gasteiger partial charge in [0.05, 0.1) is 26.7 Å². The average Bonchev–Trinajstić information content (AvgIpc) is 2.90. The fourth-order valence-electron chi connectivity index (χ4n) is 5.59. The van der Waals surface area contributed by atoms with Gasteiger partial charge in [0.25, 0.3) is 0 Å². The molecule has 1 aromatic carbocycles. The van der Waals surface area contributed by atoms with Crippen molar-refractivity contribution in [1.82, 2.24) is 0 Å². The van der Waals surface area contributed by atoms with Crippen LogP contribution in [0.5, 0.6) is 11.5 Å². The normalized spacial score (nSPS) is 19.8. The fraction of sp³-hybridized carbons (Fsp3) is 0.806. The van der Waals surface area contributed by atoms with Gasteiger partial charge < -0.3 is 23.4 Å². The van der Waals surface area contributed by atoms with Gasteiger partial charge in [0.1, 0.15) is 19.3 Å². The van der Waals surface area contributed by atoms with Crippen LogP contribution in [0.4, 0.5) is 0 Å². The molecule has 5 heteroatoms. The Morgan fingerprint density at radius 3 is 2.25 bits per heavy atom. The second-order valence-electron chi connectivity index (χ2n) is 11.3. The van der Waals surface area contributed by atoms with Gasteiger partial charge in [-0.25, -0.2) is 0 Å². The van der Waals surface area contributed by atoms with E-state index in [0.29, 0.717) is 19.3 Å². The smallest absolute Gasteiger partial charge is 0.161 e. The lowest BCUT2D eigenvalue weighted by molar-refractivity contribution is -0.917. The van der Waals surface area contributed by atoms with Crippen LogP contribution in [0, 0.1) is 0 Å². The number of unbranched alkanes of at least 4 members (excludes halogenated alkanes) is 8. The van der Waals surface area contributed by atoms with Gasteiger partial charge in [-0.05, 0) is 50.7 Å². The van der Waals surface area contributed by atoms with Crippen LogP contribution in [-0.2, 0) is 9.47 Å². The molecule has 0 bridgehead atoms. The SMILES string of the molecule is CCCCC(C[N+]1(C)CCCCC1)OCCCCCCCCCCOCC1COc2ccccc2O1. The van der Waals surface area contributed by atoms with E-state index in [2.05, 4.69) is 14.0 Å². The zero-order valence-electron chi connectivity index (χ0n) is 23.4. The molecule has 0 radical (unpaired) electrons. The maximum absolute atomic E-state index is 6.41. The van der Waals surface area contributed by atoms with Crippen molar-refractivity contribution in [3.63, 3.8) is 0 Å². The second-order valence-corrected chi connectivity index (χ2v) is 11.3. The third-order valence-corrected chi connectivity index (χ3v) is 7.83. The van der Waals surface area contributed by atoms with Crippen molar-refractivity contribution in [3.05, 3.63) is 24.3 Å². The van der Waals surface area contributed by atoms with Gasteiger partial charge in [-0.2, -0.15) is 0 Å². The van der Waals surface area contributed by atoms with Crippen LogP contribution in [0.15, 0.2) is 24.3 Å². The van der Waals surface area contributed by atoms with Crippen LogP contribution in [0.3, 0.4) is 0 Å². The number of hydrogen-bond acceptors (Lipinski definition) is 4. The topological polar surface area (TPSA) is 36.9 Å². The Balaban J connectivity index is 1.11. The quantitative estimate of drug-likeness (QED) is 0.148. The molecule has 3 rings (SSSR count). The lowest BCUT2D eigenvalue weighted by Crippen LogP contribution is -2.52. The average molecular weight is 505 g/mol. The molecule has 2 aliphatic heterocycles. The van der Waals surface area contributed by atoms with Gasteiger partial charge in [0, 0.05) is 13.2 Å². The Morgan fingerprint density at radius 1 is 0.861 bits per heavy atom. The molecule has 2 unspecified atom stereocenters. The Bertz CT molecular complexity index is 691. The molecule has 2 aliphatic rings. The fourth-order valence-corrected chi connectivity index (χ4v) is 5.59. The third-order valence-electron chi connectivity index (χ3n) is 7.83. The number of benzene rings is 1. The first-order valence-electron chi connectivity index (χ1n) is 15.1. The van der Waals surface area contributed by atoms with E-state index in [1.807, 2.05) is 24.3 Å². The van der Waals surface area contributed by atoms with Gasteiger partial charge in [-0.1, -0.05) is 70.4 Å². The highest BCUT2D eigenvalue weighted by atomic mass is 16.6. The minimum atomic E-state index is 0.000202. The summed E-state index contributed by atoms with van der Waals surface area (Å²) in [6, 6.07) is 7.84. The van der Waals surface area contributed by atoms with E-state index in [9.17, 15) is 0 Å². The second kappa shape index (κ2) is 17.3. The molecular formula is C31H54NO4+. The Kier molecular flexibility index (Phi) is 14.0. The summed E-state index contributed by atoms with van der Waals surface area (Å²) in [7, 11) is 2.45. The first kappa shape index (κ1) is 29.3. The van der Waals surface area contributed by atoms with Crippen molar-refractivity contribution in [1.29, 1.82) is 0 Å². The predicted octanol–water partition coefficient (Wildman–Crippen LogP) is 7.17. The van der Waals surface area contributed by atoms with Crippen LogP contribution in [0.25, 0.3) is 0 Å². The Hall–Kier alpha value is -1.30. The highest BCUT2D eigenvalue weighted by Crippen LogP contribution is 2.30. The summed E-state index contributed by atoms with van der Waals surface area (Å²) in [4.78, 5) is 0. The van der Waals surface area contributed by atoms with Gasteiger partial charge in [-0.3, -0.25) is 0 Å². The van der Waals surface area contributed by atoms with Crippen molar-refractivity contribution in [3.8, 4) is 11.5 Å². The number of nitrogens with zero attached hydrogens (tertiary/aromatic N) is 1. The van der Waals surface area contributed by atoms with Gasteiger partial charge in [0.2, 0.25) is 0 Å². The number of hydrogen-bond donors (Lipinski definition) is 0. The lowest BCUT2D eigenvalue weighted by Gasteiger charge is -2.40. The summed E-state index contributed by atoms with van der Waals surface area (Å²) in [6.45, 7) is 9.15. The molecule has 0 aromatic heterocycles. The van der Waals surface area contributed by atoms with Gasteiger partial charge in [0.15, 0.2) is 17.6 Å². The molecule has 1 aromatic rings. The first-order valence-corrected chi connectivity index (χ1v) is 15.1. The third kappa shape index (κ3) is 11.4. The first-order chi connectivity index (χ1) is 17.7. The van der Waals surface area contributed by atoms with Crippen LogP contribution < -0.4 is 9.47 Å². The maximum atomic E-state index is 6.41. The number of quaternary nitrogens is 1. The molecule has 2 heterocycles. The number of rotatable bonds is 19. The molecule has 5 nitrogen and oxygen atoms in total. The number of piperidine rings is 1. The lowest BCUT2D eigenvalue weighted by atomic mass is 10.1. The van der Waals surface area contributed by atoms with E-state index in [-0.39, 0.29) is 6.10 Å². The minimum Gasteiger partial charge on any atom is -0.486 e. The molecule has 0 saturated carbocycles. The van der Waals surface area contributed by atoms with Gasteiger partial charge >= 0.3 is 0 Å². The number of likely N-dealkylation sites (N-methyl/N-ethyl adjacent to an activating group) is 1. The number of para-hydroxylation sites is 2. The van der Waals surface area contributed by atoms with E-state index >= 15 is 0 Å². The van der Waals surface area contributed by atoms with Crippen molar-refractivity contribution >= 4 is 0 Å². The zero-order valence-corrected chi connectivity index (χ0v) is 23.4. The molecule has 36 heavy (non-hydrogen) atoms. The van der Waals surface area contributed by atoms with E-state index < -0.39 is 0 Å². The van der Waals surface area contributed by atoms with E-state index in [4.69, 9.17) is 18.9 Å². The van der Waals surface area contributed by atoms with E-state index in [0.717, 1.165) is 31.1 Å². The highest BCUT2D eigenvalue weighted by Gasteiger charge is 2.28. The molecule has 2 atom stereocenters. The van der Waals surface area contributed by atoms with Crippen molar-refractivity contribution in [2.24, 2.45) is 0 Å². The van der Waals surface area contributed by atoms with Crippen molar-refractivity contribution < 1.29 is 23.4 Å². The zero-order chi connectivity index (χ0) is 25.3. The standard InChI is InChI=1S/C31H54NO4/c1-3-4-18-28(25-32(2)21-14-11-15-22-32)34-24-17-10-8-6-5-7-9-16-23-33-26-29-27-35-30-19-12-13-20-31(30)36-29/h12-13,19-20,28-29H,3-11,14-18,21-27H2,1-2H3/q+1. The Labute approximate surface area is 221 Å². The summed E-state index contributed by atoms with van der Waals surface area (Å²) < 4.78 is 25.2. The minimum absolute atomic E-state index is 0.000202. The monoisotopic (exact) mass is 504 g/mol. The molecule has 1 saturated heterocycles. The van der Waals surface area contributed by atoms with Gasteiger partial charge in [-0.15, -0.1) is 0 Å². The van der Waals surface area contributed by atoms with Crippen LogP contribution >= 0.6 is 0 Å². The molecule has 0 N–H and O–H groups in total. The predicted molar refractivity (Wildman–Crippen MR) is 148 cm³/mol. The van der Waals surface area contributed by atoms with Crippen LogP contribution in [0.2, 0.25) is 0 Å². The molecule has 206 valence electrons. The van der Waals surface area contributed by atoms with E-state index in [1.54, 1.807) is 0 Å².